The quantitative estimate of drug-likeness (QED) is 0.349. The van der Waals surface area contributed by atoms with E-state index in [4.69, 9.17) is 27.9 Å². The van der Waals surface area contributed by atoms with Crippen LogP contribution in [0.4, 0.5) is 17.6 Å². The van der Waals surface area contributed by atoms with E-state index in [1.165, 1.54) is 18.2 Å². The second-order valence-corrected chi connectivity index (χ2v) is 8.72. The van der Waals surface area contributed by atoms with E-state index in [1.807, 2.05) is 0 Å². The zero-order valence-electron chi connectivity index (χ0n) is 18.9. The van der Waals surface area contributed by atoms with Crippen molar-refractivity contribution < 1.29 is 61.8 Å². The van der Waals surface area contributed by atoms with Crippen LogP contribution < -0.4 is 39.4 Å². The number of hydrogen-bond acceptors (Lipinski definition) is 4. The van der Waals surface area contributed by atoms with Crippen LogP contribution in [0.5, 0.6) is 5.75 Å². The van der Waals surface area contributed by atoms with Crippen molar-refractivity contribution in [3.05, 3.63) is 92.5 Å². The Labute approximate surface area is 236 Å². The number of nitrogens with zero attached hydrogens (tertiary/aromatic N) is 1. The summed E-state index contributed by atoms with van der Waals surface area (Å²) in [5.41, 5.74) is 0.265. The maximum Gasteiger partial charge on any atom is 1.00 e. The Bertz CT molecular complexity index is 1350. The molecule has 2 aromatic carbocycles. The number of allylic oxidation sites excluding steroid dienone is 2. The molecule has 11 heteroatoms. The van der Waals surface area contributed by atoms with Gasteiger partial charge in [-0.25, -0.2) is 4.39 Å². The third kappa shape index (κ3) is 6.23. The standard InChI is InChI=1S/C25H17Cl2F4NO3.Na/c26-15-5-7-22(35-12-13-4-6-16(28)10-21(13)27)19(9-15)18-3-1-2-17(18)14-8-20(24(33)34)23(32-11-14)25(29,30)31;/h4-11H,1-3,12H2,(H,33,34);/q;+1/p-1. The molecule has 0 aliphatic heterocycles. The van der Waals surface area contributed by atoms with Crippen molar-refractivity contribution in [2.45, 2.75) is 32.0 Å². The van der Waals surface area contributed by atoms with E-state index in [0.717, 1.165) is 17.8 Å². The van der Waals surface area contributed by atoms with Gasteiger partial charge in [-0.05, 0) is 72.4 Å². The summed E-state index contributed by atoms with van der Waals surface area (Å²) in [4.78, 5) is 14.8. The molecular formula is C25H16Cl2F4NNaO3. The fourth-order valence-electron chi connectivity index (χ4n) is 4.03. The molecule has 0 atom stereocenters. The Hall–Kier alpha value is -2.10. The number of ether oxygens (including phenoxy) is 1. The predicted octanol–water partition coefficient (Wildman–Crippen LogP) is 3.59. The summed E-state index contributed by atoms with van der Waals surface area (Å²) >= 11 is 12.3. The number of rotatable bonds is 6. The molecule has 0 bridgehead atoms. The number of carbonyl (C=O) groups excluding carboxylic acids is 1. The minimum absolute atomic E-state index is 0. The van der Waals surface area contributed by atoms with Crippen LogP contribution in [0, 0.1) is 5.82 Å². The van der Waals surface area contributed by atoms with Crippen LogP contribution in [0.3, 0.4) is 0 Å². The van der Waals surface area contributed by atoms with Gasteiger partial charge in [0.05, 0.1) is 11.0 Å². The van der Waals surface area contributed by atoms with Crippen molar-refractivity contribution in [2.75, 3.05) is 0 Å². The van der Waals surface area contributed by atoms with E-state index in [1.54, 1.807) is 18.2 Å². The van der Waals surface area contributed by atoms with Crippen LogP contribution in [-0.2, 0) is 12.8 Å². The fourth-order valence-corrected chi connectivity index (χ4v) is 4.42. The second-order valence-electron chi connectivity index (χ2n) is 7.88. The molecular weight excluding hydrogens is 532 g/mol. The van der Waals surface area contributed by atoms with Crippen molar-refractivity contribution in [3.8, 4) is 5.75 Å². The maximum atomic E-state index is 13.3. The van der Waals surface area contributed by atoms with Gasteiger partial charge in [-0.2, -0.15) is 13.2 Å². The number of carbonyl (C=O) groups is 1. The van der Waals surface area contributed by atoms with Crippen LogP contribution in [0.15, 0.2) is 48.7 Å². The van der Waals surface area contributed by atoms with E-state index >= 15 is 0 Å². The van der Waals surface area contributed by atoms with Gasteiger partial charge in [-0.15, -0.1) is 0 Å². The third-order valence-corrected chi connectivity index (χ3v) is 6.19. The van der Waals surface area contributed by atoms with Gasteiger partial charge in [0.1, 0.15) is 18.2 Å². The molecule has 4 nitrogen and oxygen atoms in total. The van der Waals surface area contributed by atoms with Crippen molar-refractivity contribution >= 4 is 40.3 Å². The molecule has 0 N–H and O–H groups in total. The molecule has 0 saturated heterocycles. The summed E-state index contributed by atoms with van der Waals surface area (Å²) in [6.07, 6.45) is -2.19. The van der Waals surface area contributed by atoms with Gasteiger partial charge in [-0.3, -0.25) is 4.98 Å². The molecule has 0 spiro atoms. The van der Waals surface area contributed by atoms with Gasteiger partial charge in [-0.1, -0.05) is 29.3 Å². The van der Waals surface area contributed by atoms with Gasteiger partial charge in [0.15, 0.2) is 5.69 Å². The first-order chi connectivity index (χ1) is 16.5. The molecule has 0 amide bonds. The van der Waals surface area contributed by atoms with Crippen molar-refractivity contribution in [1.29, 1.82) is 0 Å². The van der Waals surface area contributed by atoms with Crippen LogP contribution in [0.1, 0.15) is 52.0 Å². The molecule has 0 unspecified atom stereocenters. The largest absolute Gasteiger partial charge is 1.00 e. The Morgan fingerprint density at radius 2 is 1.78 bits per heavy atom. The fraction of sp³-hybridized carbons (Fsp3) is 0.200. The number of halogens is 6. The van der Waals surface area contributed by atoms with E-state index in [2.05, 4.69) is 4.98 Å². The third-order valence-electron chi connectivity index (χ3n) is 5.61. The Morgan fingerprint density at radius 1 is 1.06 bits per heavy atom. The first kappa shape index (κ1) is 28.5. The van der Waals surface area contributed by atoms with Crippen molar-refractivity contribution in [3.63, 3.8) is 0 Å². The SMILES string of the molecule is O=C([O-])c1cc(C2=C(c3cc(Cl)ccc3OCc3ccc(F)cc3Cl)CCC2)cnc1C(F)(F)F.[Na+]. The topological polar surface area (TPSA) is 62.2 Å². The van der Waals surface area contributed by atoms with Crippen LogP contribution >= 0.6 is 23.2 Å². The molecule has 4 rings (SSSR count). The number of aromatic nitrogens is 1. The number of carboxylic acid groups (broad SMARTS) is 1. The molecule has 0 radical (unpaired) electrons. The van der Waals surface area contributed by atoms with Gasteiger partial charge in [0.2, 0.25) is 0 Å². The second kappa shape index (κ2) is 11.5. The number of carboxylic acids is 1. The van der Waals surface area contributed by atoms with Crippen LogP contribution in [-0.4, -0.2) is 11.0 Å². The smallest absolute Gasteiger partial charge is 0.545 e. The Balaban J connectivity index is 0.00000361. The van der Waals surface area contributed by atoms with E-state index in [-0.39, 0.29) is 46.8 Å². The summed E-state index contributed by atoms with van der Waals surface area (Å²) in [7, 11) is 0. The zero-order chi connectivity index (χ0) is 25.3. The first-order valence-electron chi connectivity index (χ1n) is 10.4. The monoisotopic (exact) mass is 547 g/mol. The van der Waals surface area contributed by atoms with E-state index < -0.39 is 29.2 Å². The van der Waals surface area contributed by atoms with Crippen LogP contribution in [0.25, 0.3) is 11.1 Å². The predicted molar refractivity (Wildman–Crippen MR) is 121 cm³/mol. The minimum atomic E-state index is -4.93. The minimum Gasteiger partial charge on any atom is -0.545 e. The number of benzene rings is 2. The zero-order valence-corrected chi connectivity index (χ0v) is 22.4. The Kier molecular flexibility index (Phi) is 9.11. The molecule has 0 saturated carbocycles. The molecule has 0 fully saturated rings. The summed E-state index contributed by atoms with van der Waals surface area (Å²) in [5, 5.41) is 12.0. The molecule has 1 aliphatic rings. The first-order valence-corrected chi connectivity index (χ1v) is 11.2. The summed E-state index contributed by atoms with van der Waals surface area (Å²) in [6, 6.07) is 9.81. The normalized spacial score (nSPS) is 13.5. The van der Waals surface area contributed by atoms with Crippen LogP contribution in [0.2, 0.25) is 10.0 Å². The number of alkyl halides is 3. The van der Waals surface area contributed by atoms with Crippen molar-refractivity contribution in [2.24, 2.45) is 0 Å². The van der Waals surface area contributed by atoms with Gasteiger partial charge >= 0.3 is 35.7 Å². The molecule has 1 aliphatic carbocycles. The number of pyridine rings is 1. The average molecular weight is 548 g/mol. The molecule has 3 aromatic rings. The Morgan fingerprint density at radius 3 is 2.44 bits per heavy atom. The summed E-state index contributed by atoms with van der Waals surface area (Å²) < 4.78 is 58.9. The van der Waals surface area contributed by atoms with E-state index in [0.29, 0.717) is 46.7 Å². The molecule has 182 valence electrons. The summed E-state index contributed by atoms with van der Waals surface area (Å²) in [6.45, 7) is 0.0347. The average Bonchev–Trinajstić information content (AvgIpc) is 3.28. The molecule has 36 heavy (non-hydrogen) atoms. The maximum absolute atomic E-state index is 13.3. The van der Waals surface area contributed by atoms with Gasteiger partial charge in [0, 0.05) is 27.9 Å². The molecule has 1 aromatic heterocycles. The number of aromatic carboxylic acids is 1. The van der Waals surface area contributed by atoms with Gasteiger partial charge < -0.3 is 14.6 Å². The number of hydrogen-bond donors (Lipinski definition) is 0. The van der Waals surface area contributed by atoms with Crippen molar-refractivity contribution in [1.82, 2.24) is 4.98 Å². The van der Waals surface area contributed by atoms with Gasteiger partial charge in [0.25, 0.3) is 0 Å². The summed E-state index contributed by atoms with van der Waals surface area (Å²) in [5.74, 6) is -2.01. The van der Waals surface area contributed by atoms with E-state index in [9.17, 15) is 27.5 Å². The molecule has 1 heterocycles.